The largest absolute Gasteiger partial charge is 0.378 e. The van der Waals surface area contributed by atoms with Gasteiger partial charge in [-0.05, 0) is 0 Å². The Bertz CT molecular complexity index is 141. The summed E-state index contributed by atoms with van der Waals surface area (Å²) in [7, 11) is 3.94. The van der Waals surface area contributed by atoms with E-state index >= 15 is 0 Å². The van der Waals surface area contributed by atoms with Gasteiger partial charge >= 0.3 is 0 Å². The Kier molecular flexibility index (Phi) is 2.84. The number of ether oxygens (including phenoxy) is 1. The van der Waals surface area contributed by atoms with Gasteiger partial charge in [0.1, 0.15) is 0 Å². The molecule has 1 fully saturated rings. The van der Waals surface area contributed by atoms with Crippen LogP contribution in [0, 0.1) is 5.41 Å². The van der Waals surface area contributed by atoms with E-state index in [9.17, 15) is 0 Å². The number of nitrogens with one attached hydrogen (secondary N) is 2. The maximum atomic E-state index is 7.67. The van der Waals surface area contributed by atoms with E-state index < -0.39 is 0 Å². The second-order valence-corrected chi connectivity index (χ2v) is 2.95. The molecule has 0 spiro atoms. The zero-order valence-electron chi connectivity index (χ0n) is 7.18. The summed E-state index contributed by atoms with van der Waals surface area (Å²) in [6.45, 7) is 3.25. The van der Waals surface area contributed by atoms with E-state index in [1.54, 1.807) is 0 Å². The molecule has 0 aliphatic carbocycles. The summed E-state index contributed by atoms with van der Waals surface area (Å²) >= 11 is 0. The Hall–Kier alpha value is -0.610. The Morgan fingerprint density at radius 3 is 2.36 bits per heavy atom. The van der Waals surface area contributed by atoms with Gasteiger partial charge in [0.05, 0.1) is 27.3 Å². The van der Waals surface area contributed by atoms with Crippen LogP contribution in [0.1, 0.15) is 0 Å². The van der Waals surface area contributed by atoms with Crippen LogP contribution >= 0.6 is 0 Å². The third-order valence-corrected chi connectivity index (χ3v) is 1.80. The second-order valence-electron chi connectivity index (χ2n) is 2.95. The van der Waals surface area contributed by atoms with Crippen molar-refractivity contribution in [3.63, 3.8) is 0 Å². The van der Waals surface area contributed by atoms with Crippen LogP contribution in [-0.4, -0.2) is 51.3 Å². The van der Waals surface area contributed by atoms with Crippen LogP contribution in [0.5, 0.6) is 0 Å². The molecular formula is C7H16N3O+. The van der Waals surface area contributed by atoms with Gasteiger partial charge in [0.2, 0.25) is 0 Å². The normalized spacial score (nSPS) is 19.0. The summed E-state index contributed by atoms with van der Waals surface area (Å²) < 4.78 is 5.18. The van der Waals surface area contributed by atoms with Crippen LogP contribution in [0.4, 0.5) is 0 Å². The quantitative estimate of drug-likeness (QED) is 0.329. The number of hydrogen-bond donors (Lipinski definition) is 2. The van der Waals surface area contributed by atoms with E-state index in [0.717, 1.165) is 31.2 Å². The molecule has 0 aromatic rings. The Morgan fingerprint density at radius 2 is 1.91 bits per heavy atom. The molecule has 4 nitrogen and oxygen atoms in total. The van der Waals surface area contributed by atoms with Crippen molar-refractivity contribution < 1.29 is 9.64 Å². The van der Waals surface area contributed by atoms with Crippen molar-refractivity contribution in [3.8, 4) is 0 Å². The molecule has 0 amide bonds. The monoisotopic (exact) mass is 158 g/mol. The summed E-state index contributed by atoms with van der Waals surface area (Å²) in [4.78, 5) is 3.13. The molecule has 1 saturated heterocycles. The van der Waals surface area contributed by atoms with Crippen LogP contribution < -0.4 is 4.90 Å². The lowest BCUT2D eigenvalue weighted by atomic mass is 10.4. The number of nitrogens with zero attached hydrogens (tertiary/aromatic N) is 1. The van der Waals surface area contributed by atoms with Crippen molar-refractivity contribution in [3.05, 3.63) is 0 Å². The lowest BCUT2D eigenvalue weighted by Gasteiger charge is -2.28. The fraction of sp³-hybridized carbons (Fsp3) is 0.857. The predicted octanol–water partition coefficient (Wildman–Crippen LogP) is -1.60. The highest BCUT2D eigenvalue weighted by Crippen LogP contribution is 1.93. The van der Waals surface area contributed by atoms with Crippen LogP contribution in [0.2, 0.25) is 0 Å². The number of rotatable bonds is 0. The van der Waals surface area contributed by atoms with Gasteiger partial charge in [-0.2, -0.15) is 0 Å². The summed E-state index contributed by atoms with van der Waals surface area (Å²) in [5.74, 6) is 0.660. The molecule has 2 N–H and O–H groups in total. The van der Waals surface area contributed by atoms with Gasteiger partial charge in [0.15, 0.2) is 0 Å². The van der Waals surface area contributed by atoms with Crippen LogP contribution in [0.25, 0.3) is 0 Å². The number of morpholine rings is 1. The van der Waals surface area contributed by atoms with E-state index in [-0.39, 0.29) is 0 Å². The van der Waals surface area contributed by atoms with Gasteiger partial charge in [0.25, 0.3) is 5.96 Å². The molecule has 1 heterocycles. The molecule has 0 radical (unpaired) electrons. The molecule has 0 aromatic heterocycles. The first kappa shape index (κ1) is 8.49. The van der Waals surface area contributed by atoms with E-state index in [2.05, 4.69) is 4.90 Å². The lowest BCUT2D eigenvalue weighted by Crippen LogP contribution is -3.10. The molecule has 1 aliphatic heterocycles. The average molecular weight is 158 g/mol. The van der Waals surface area contributed by atoms with Gasteiger partial charge in [-0.3, -0.25) is 4.90 Å². The molecule has 11 heavy (non-hydrogen) atoms. The van der Waals surface area contributed by atoms with E-state index in [1.807, 2.05) is 14.1 Å². The zero-order chi connectivity index (χ0) is 8.27. The summed E-state index contributed by atoms with van der Waals surface area (Å²) in [5.41, 5.74) is 0. The SMILES string of the molecule is C[NH+](C)C(=N)N1CCOCC1. The predicted molar refractivity (Wildman–Crippen MR) is 42.9 cm³/mol. The third kappa shape index (κ3) is 2.17. The van der Waals surface area contributed by atoms with Crippen molar-refractivity contribution in [1.82, 2.24) is 4.90 Å². The Balaban J connectivity index is 2.39. The topological polar surface area (TPSA) is 40.8 Å². The maximum absolute atomic E-state index is 7.67. The minimum Gasteiger partial charge on any atom is -0.378 e. The van der Waals surface area contributed by atoms with E-state index in [4.69, 9.17) is 10.1 Å². The highest BCUT2D eigenvalue weighted by Gasteiger charge is 2.17. The van der Waals surface area contributed by atoms with E-state index in [0.29, 0.717) is 5.96 Å². The number of hydrogen-bond acceptors (Lipinski definition) is 2. The van der Waals surface area contributed by atoms with Gasteiger partial charge in [-0.15, -0.1) is 0 Å². The smallest absolute Gasteiger partial charge is 0.295 e. The van der Waals surface area contributed by atoms with Gasteiger partial charge in [-0.25, -0.2) is 5.41 Å². The molecular weight excluding hydrogens is 142 g/mol. The molecule has 0 aromatic carbocycles. The number of guanidine groups is 1. The first-order valence-electron chi connectivity index (χ1n) is 3.93. The van der Waals surface area contributed by atoms with Crippen molar-refractivity contribution >= 4 is 5.96 Å². The third-order valence-electron chi connectivity index (χ3n) is 1.80. The molecule has 1 aliphatic rings. The average Bonchev–Trinajstić information content (AvgIpc) is 2.05. The lowest BCUT2D eigenvalue weighted by molar-refractivity contribution is -0.765. The fourth-order valence-corrected chi connectivity index (χ4v) is 1.10. The number of quaternary nitrogens is 1. The molecule has 0 unspecified atom stereocenters. The molecule has 64 valence electrons. The first-order chi connectivity index (χ1) is 5.22. The zero-order valence-corrected chi connectivity index (χ0v) is 7.18. The van der Waals surface area contributed by atoms with Crippen molar-refractivity contribution in [2.75, 3.05) is 40.4 Å². The Morgan fingerprint density at radius 1 is 1.36 bits per heavy atom. The van der Waals surface area contributed by atoms with Crippen LogP contribution in [0.3, 0.4) is 0 Å². The fourth-order valence-electron chi connectivity index (χ4n) is 1.10. The standard InChI is InChI=1S/C7H15N3O/c1-9(2)7(8)10-3-5-11-6-4-10/h8H,3-6H2,1-2H3/p+1. The maximum Gasteiger partial charge on any atom is 0.295 e. The Labute approximate surface area is 67.2 Å². The molecule has 0 saturated carbocycles. The molecule has 0 bridgehead atoms. The summed E-state index contributed by atoms with van der Waals surface area (Å²) in [6, 6.07) is 0. The highest BCUT2D eigenvalue weighted by atomic mass is 16.5. The summed E-state index contributed by atoms with van der Waals surface area (Å²) in [5, 5.41) is 7.67. The van der Waals surface area contributed by atoms with Crippen molar-refractivity contribution in [2.24, 2.45) is 0 Å². The van der Waals surface area contributed by atoms with Crippen LogP contribution in [-0.2, 0) is 4.74 Å². The van der Waals surface area contributed by atoms with Gasteiger partial charge in [-0.1, -0.05) is 0 Å². The van der Waals surface area contributed by atoms with Gasteiger partial charge in [0, 0.05) is 13.1 Å². The second kappa shape index (κ2) is 3.69. The van der Waals surface area contributed by atoms with E-state index in [1.165, 1.54) is 0 Å². The summed E-state index contributed by atoms with van der Waals surface area (Å²) in [6.07, 6.45) is 0. The highest BCUT2D eigenvalue weighted by molar-refractivity contribution is 5.67. The first-order valence-corrected chi connectivity index (χ1v) is 3.93. The minimum absolute atomic E-state index is 0.660. The van der Waals surface area contributed by atoms with Crippen LogP contribution in [0.15, 0.2) is 0 Å². The molecule has 0 atom stereocenters. The van der Waals surface area contributed by atoms with Crippen molar-refractivity contribution in [1.29, 1.82) is 5.41 Å². The van der Waals surface area contributed by atoms with Crippen molar-refractivity contribution in [2.45, 2.75) is 0 Å². The molecule has 4 heteroatoms. The molecule has 1 rings (SSSR count). The van der Waals surface area contributed by atoms with Gasteiger partial charge < -0.3 is 9.64 Å². The minimum atomic E-state index is 0.660.